The molecule has 6 nitrogen and oxygen atoms in total. The summed E-state index contributed by atoms with van der Waals surface area (Å²) in [5.41, 5.74) is 6.77. The lowest BCUT2D eigenvalue weighted by Crippen LogP contribution is -2.17. The Morgan fingerprint density at radius 2 is 1.00 bits per heavy atom. The molecule has 0 fully saturated rings. The van der Waals surface area contributed by atoms with Gasteiger partial charge in [-0.25, -0.2) is 10.9 Å². The number of benzene rings is 2. The molecule has 2 aromatic carbocycles. The molecule has 164 valence electrons. The van der Waals surface area contributed by atoms with Crippen molar-refractivity contribution in [3.05, 3.63) is 69.7 Å². The van der Waals surface area contributed by atoms with Gasteiger partial charge >= 0.3 is 0 Å². The monoisotopic (exact) mass is 460 g/mol. The third-order valence-corrected chi connectivity index (χ3v) is 4.86. The molecule has 0 aromatic heterocycles. The molecule has 0 heterocycles. The van der Waals surface area contributed by atoms with Crippen LogP contribution in [-0.4, -0.2) is 24.2 Å². The summed E-state index contributed by atoms with van der Waals surface area (Å²) in [6.45, 7) is 0. The molecule has 0 spiro atoms. The molecule has 8 heteroatoms. The number of carbonyl (C=O) groups is 2. The van der Waals surface area contributed by atoms with E-state index in [9.17, 15) is 9.59 Å². The maximum Gasteiger partial charge on any atom is 0.240 e. The summed E-state index contributed by atoms with van der Waals surface area (Å²) in [6.07, 6.45) is 8.45. The van der Waals surface area contributed by atoms with E-state index in [0.717, 1.165) is 43.2 Å². The van der Waals surface area contributed by atoms with Gasteiger partial charge in [0.05, 0.1) is 12.4 Å². The van der Waals surface area contributed by atoms with Crippen LogP contribution in [-0.2, 0) is 9.59 Å². The average Bonchev–Trinajstić information content (AvgIpc) is 2.76. The molecular weight excluding hydrogens is 435 g/mol. The zero-order chi connectivity index (χ0) is 22.3. The van der Waals surface area contributed by atoms with E-state index < -0.39 is 0 Å². The van der Waals surface area contributed by atoms with Crippen molar-refractivity contribution in [3.8, 4) is 0 Å². The number of carbonyl (C=O) groups excluding carboxylic acids is 2. The Labute approximate surface area is 192 Å². The highest BCUT2D eigenvalue weighted by molar-refractivity contribution is 6.30. The molecule has 2 aromatic rings. The van der Waals surface area contributed by atoms with Crippen LogP contribution in [0.25, 0.3) is 0 Å². The molecule has 0 aliphatic carbocycles. The van der Waals surface area contributed by atoms with Crippen LogP contribution in [0.1, 0.15) is 56.1 Å². The number of hydrazone groups is 2. The van der Waals surface area contributed by atoms with Crippen molar-refractivity contribution in [2.24, 2.45) is 10.2 Å². The van der Waals surface area contributed by atoms with E-state index in [1.54, 1.807) is 36.7 Å². The van der Waals surface area contributed by atoms with Gasteiger partial charge in [-0.3, -0.25) is 9.59 Å². The van der Waals surface area contributed by atoms with Crippen LogP contribution < -0.4 is 10.9 Å². The van der Waals surface area contributed by atoms with Crippen molar-refractivity contribution in [1.82, 2.24) is 10.9 Å². The van der Waals surface area contributed by atoms with Crippen molar-refractivity contribution >= 4 is 47.4 Å². The van der Waals surface area contributed by atoms with E-state index in [1.165, 1.54) is 0 Å². The Hall–Kier alpha value is -2.70. The molecular formula is C23H26Cl2N4O2. The van der Waals surface area contributed by atoms with E-state index >= 15 is 0 Å². The maximum absolute atomic E-state index is 11.8. The lowest BCUT2D eigenvalue weighted by atomic mass is 10.1. The number of hydrogen-bond donors (Lipinski definition) is 2. The Balaban J connectivity index is 1.46. The summed E-state index contributed by atoms with van der Waals surface area (Å²) >= 11 is 11.6. The first kappa shape index (κ1) is 24.6. The molecule has 0 atom stereocenters. The highest BCUT2D eigenvalue weighted by Gasteiger charge is 2.01. The predicted octanol–water partition coefficient (Wildman–Crippen LogP) is 5.32. The highest BCUT2D eigenvalue weighted by Crippen LogP contribution is 2.09. The van der Waals surface area contributed by atoms with E-state index in [2.05, 4.69) is 21.1 Å². The fourth-order valence-electron chi connectivity index (χ4n) is 2.67. The van der Waals surface area contributed by atoms with Gasteiger partial charge in [-0.15, -0.1) is 0 Å². The minimum Gasteiger partial charge on any atom is -0.273 e. The fourth-order valence-corrected chi connectivity index (χ4v) is 2.92. The summed E-state index contributed by atoms with van der Waals surface area (Å²) in [5.74, 6) is -0.216. The molecule has 2 rings (SSSR count). The summed E-state index contributed by atoms with van der Waals surface area (Å²) in [5, 5.41) is 9.19. The Bertz CT molecular complexity index is 808. The molecule has 0 aliphatic heterocycles. The second-order valence-corrected chi connectivity index (χ2v) is 7.83. The normalized spacial score (nSPS) is 11.2. The van der Waals surface area contributed by atoms with Crippen LogP contribution in [0, 0.1) is 0 Å². The van der Waals surface area contributed by atoms with Crippen molar-refractivity contribution in [3.63, 3.8) is 0 Å². The third kappa shape index (κ3) is 11.3. The van der Waals surface area contributed by atoms with Crippen LogP contribution in [0.15, 0.2) is 58.7 Å². The zero-order valence-electron chi connectivity index (χ0n) is 17.2. The van der Waals surface area contributed by atoms with Crippen LogP contribution in [0.4, 0.5) is 0 Å². The van der Waals surface area contributed by atoms with E-state index in [1.807, 2.05) is 24.3 Å². The highest BCUT2D eigenvalue weighted by atomic mass is 35.5. The predicted molar refractivity (Wildman–Crippen MR) is 127 cm³/mol. The summed E-state index contributed by atoms with van der Waals surface area (Å²) in [4.78, 5) is 23.5. The number of hydrogen-bond acceptors (Lipinski definition) is 4. The number of unbranched alkanes of at least 4 members (excludes halogenated alkanes) is 4. The van der Waals surface area contributed by atoms with Gasteiger partial charge in [-0.1, -0.05) is 66.7 Å². The van der Waals surface area contributed by atoms with E-state index in [-0.39, 0.29) is 11.8 Å². The van der Waals surface area contributed by atoms with Gasteiger partial charge in [0.1, 0.15) is 0 Å². The SMILES string of the molecule is O=C(CCCCCCCC(=O)N/N=C/c1ccc(Cl)cc1)N/N=C\c1ccc(Cl)cc1. The Morgan fingerprint density at radius 3 is 1.39 bits per heavy atom. The van der Waals surface area contributed by atoms with Gasteiger partial charge in [0.25, 0.3) is 0 Å². The van der Waals surface area contributed by atoms with Crippen molar-refractivity contribution in [2.45, 2.75) is 44.9 Å². The zero-order valence-corrected chi connectivity index (χ0v) is 18.7. The van der Waals surface area contributed by atoms with Crippen molar-refractivity contribution < 1.29 is 9.59 Å². The second-order valence-electron chi connectivity index (χ2n) is 6.96. The van der Waals surface area contributed by atoms with Gasteiger partial charge in [-0.05, 0) is 48.2 Å². The first-order valence-electron chi connectivity index (χ1n) is 10.2. The number of nitrogens with zero attached hydrogens (tertiary/aromatic N) is 2. The average molecular weight is 461 g/mol. The lowest BCUT2D eigenvalue weighted by molar-refractivity contribution is -0.121. The second kappa shape index (κ2) is 14.3. The standard InChI is InChI=1S/C23H26Cl2N4O2/c24-20-12-8-18(9-13-20)16-26-28-22(30)6-4-2-1-3-5-7-23(31)29-27-17-19-10-14-21(25)15-11-19/h8-17H,1-7H2,(H,28,30)(H,29,31)/b26-16-,27-17+. The molecule has 0 radical (unpaired) electrons. The number of nitrogens with one attached hydrogen (secondary N) is 2. The molecule has 31 heavy (non-hydrogen) atoms. The van der Waals surface area contributed by atoms with Crippen LogP contribution in [0.5, 0.6) is 0 Å². The molecule has 0 saturated carbocycles. The van der Waals surface area contributed by atoms with Crippen LogP contribution >= 0.6 is 23.2 Å². The lowest BCUT2D eigenvalue weighted by Gasteiger charge is -2.02. The molecule has 0 saturated heterocycles. The minimum atomic E-state index is -0.108. The Kier molecular flexibility index (Phi) is 11.4. The first-order valence-corrected chi connectivity index (χ1v) is 10.9. The quantitative estimate of drug-likeness (QED) is 0.255. The summed E-state index contributed by atoms with van der Waals surface area (Å²) < 4.78 is 0. The van der Waals surface area contributed by atoms with Gasteiger partial charge in [0.2, 0.25) is 11.8 Å². The Morgan fingerprint density at radius 1 is 0.645 bits per heavy atom. The molecule has 0 bridgehead atoms. The number of amides is 2. The van der Waals surface area contributed by atoms with E-state index in [0.29, 0.717) is 22.9 Å². The largest absolute Gasteiger partial charge is 0.273 e. The molecule has 0 aliphatic rings. The van der Waals surface area contributed by atoms with Crippen LogP contribution in [0.3, 0.4) is 0 Å². The smallest absolute Gasteiger partial charge is 0.240 e. The van der Waals surface area contributed by atoms with Crippen molar-refractivity contribution in [2.75, 3.05) is 0 Å². The molecule has 0 unspecified atom stereocenters. The third-order valence-electron chi connectivity index (χ3n) is 4.35. The van der Waals surface area contributed by atoms with Gasteiger partial charge in [-0.2, -0.15) is 10.2 Å². The minimum absolute atomic E-state index is 0.108. The van der Waals surface area contributed by atoms with Gasteiger partial charge in [0.15, 0.2) is 0 Å². The molecule has 2 N–H and O–H groups in total. The van der Waals surface area contributed by atoms with Gasteiger partial charge in [0, 0.05) is 22.9 Å². The topological polar surface area (TPSA) is 82.9 Å². The van der Waals surface area contributed by atoms with E-state index in [4.69, 9.17) is 23.2 Å². The summed E-state index contributed by atoms with van der Waals surface area (Å²) in [7, 11) is 0. The molecule has 2 amide bonds. The first-order chi connectivity index (χ1) is 15.0. The summed E-state index contributed by atoms with van der Waals surface area (Å²) in [6, 6.07) is 14.4. The maximum atomic E-state index is 11.8. The van der Waals surface area contributed by atoms with Crippen LogP contribution in [0.2, 0.25) is 10.0 Å². The van der Waals surface area contributed by atoms with Crippen molar-refractivity contribution in [1.29, 1.82) is 0 Å². The fraction of sp³-hybridized carbons (Fsp3) is 0.304. The van der Waals surface area contributed by atoms with Gasteiger partial charge < -0.3 is 0 Å². The number of rotatable bonds is 12. The number of halogens is 2.